The molecule has 0 aromatic carbocycles. The van der Waals surface area contributed by atoms with Crippen LogP contribution in [0.4, 0.5) is 5.69 Å². The van der Waals surface area contributed by atoms with Crippen LogP contribution in [-0.2, 0) is 0 Å². The number of hydrogen-bond acceptors (Lipinski definition) is 3. The number of thiophene rings is 1. The van der Waals surface area contributed by atoms with Gasteiger partial charge in [-0.2, -0.15) is 23.1 Å². The summed E-state index contributed by atoms with van der Waals surface area (Å²) in [5, 5.41) is 7.80. The molecule has 1 aromatic rings. The molecule has 1 aliphatic heterocycles. The van der Waals surface area contributed by atoms with Gasteiger partial charge in [0.1, 0.15) is 0 Å². The molecule has 1 N–H and O–H groups in total. The molecule has 0 saturated carbocycles. The van der Waals surface area contributed by atoms with Crippen molar-refractivity contribution in [1.29, 1.82) is 0 Å². The molecule has 11 heavy (non-hydrogen) atoms. The zero-order valence-electron chi connectivity index (χ0n) is 6.25. The van der Waals surface area contributed by atoms with Crippen LogP contribution in [0.3, 0.4) is 0 Å². The van der Waals surface area contributed by atoms with E-state index in [0.29, 0.717) is 0 Å². The summed E-state index contributed by atoms with van der Waals surface area (Å²) in [6.07, 6.45) is 1.32. The Morgan fingerprint density at radius 3 is 3.18 bits per heavy atom. The molecule has 1 aliphatic rings. The molecule has 1 unspecified atom stereocenters. The molecule has 0 amide bonds. The Bertz CT molecular complexity index is 202. The highest BCUT2D eigenvalue weighted by molar-refractivity contribution is 7.99. The number of nitrogens with one attached hydrogen (secondary N) is 1. The van der Waals surface area contributed by atoms with E-state index in [9.17, 15) is 0 Å². The van der Waals surface area contributed by atoms with E-state index in [2.05, 4.69) is 22.1 Å². The Labute approximate surface area is 75.2 Å². The average molecular weight is 185 g/mol. The van der Waals surface area contributed by atoms with Gasteiger partial charge in [-0.3, -0.25) is 0 Å². The summed E-state index contributed by atoms with van der Waals surface area (Å²) < 4.78 is 0. The van der Waals surface area contributed by atoms with Crippen molar-refractivity contribution in [2.24, 2.45) is 0 Å². The van der Waals surface area contributed by atoms with Gasteiger partial charge in [0, 0.05) is 22.9 Å². The maximum Gasteiger partial charge on any atom is 0.0451 e. The van der Waals surface area contributed by atoms with Gasteiger partial charge in [-0.25, -0.2) is 0 Å². The summed E-state index contributed by atoms with van der Waals surface area (Å²) in [4.78, 5) is 0. The lowest BCUT2D eigenvalue weighted by molar-refractivity contribution is 0.814. The van der Waals surface area contributed by atoms with Gasteiger partial charge in [0.15, 0.2) is 0 Å². The SMILES string of the molecule is c1cc(NC2CCSC2)cs1. The fourth-order valence-electron chi connectivity index (χ4n) is 1.23. The van der Waals surface area contributed by atoms with Crippen molar-refractivity contribution in [2.45, 2.75) is 12.5 Å². The van der Waals surface area contributed by atoms with Gasteiger partial charge in [0.25, 0.3) is 0 Å². The van der Waals surface area contributed by atoms with Gasteiger partial charge in [-0.05, 0) is 23.6 Å². The van der Waals surface area contributed by atoms with Crippen LogP contribution in [0.25, 0.3) is 0 Å². The first-order chi connectivity index (χ1) is 5.45. The molecule has 2 rings (SSSR count). The molecule has 1 nitrogen and oxygen atoms in total. The van der Waals surface area contributed by atoms with Crippen LogP contribution in [0.5, 0.6) is 0 Å². The third-order valence-electron chi connectivity index (χ3n) is 1.82. The average Bonchev–Trinajstić information content (AvgIpc) is 2.60. The van der Waals surface area contributed by atoms with Crippen LogP contribution in [-0.4, -0.2) is 17.5 Å². The highest BCUT2D eigenvalue weighted by atomic mass is 32.2. The Kier molecular flexibility index (Phi) is 2.38. The van der Waals surface area contributed by atoms with E-state index in [4.69, 9.17) is 0 Å². The van der Waals surface area contributed by atoms with Crippen molar-refractivity contribution in [3.05, 3.63) is 16.8 Å². The van der Waals surface area contributed by atoms with Gasteiger partial charge in [-0.15, -0.1) is 0 Å². The van der Waals surface area contributed by atoms with Crippen LogP contribution in [0, 0.1) is 0 Å². The standard InChI is InChI=1S/C8H11NS2/c1-3-10-5-7(1)9-8-2-4-11-6-8/h1,3,5,8-9H,2,4,6H2. The summed E-state index contributed by atoms with van der Waals surface area (Å²) in [7, 11) is 0. The molecule has 1 saturated heterocycles. The quantitative estimate of drug-likeness (QED) is 0.760. The smallest absolute Gasteiger partial charge is 0.0451 e. The summed E-state index contributed by atoms with van der Waals surface area (Å²) in [6.45, 7) is 0. The normalized spacial score (nSPS) is 23.8. The van der Waals surface area contributed by atoms with E-state index in [1.807, 2.05) is 11.8 Å². The number of rotatable bonds is 2. The van der Waals surface area contributed by atoms with Crippen molar-refractivity contribution in [3.63, 3.8) is 0 Å². The topological polar surface area (TPSA) is 12.0 Å². The largest absolute Gasteiger partial charge is 0.381 e. The van der Waals surface area contributed by atoms with Crippen molar-refractivity contribution in [2.75, 3.05) is 16.8 Å². The van der Waals surface area contributed by atoms with Crippen molar-refractivity contribution in [3.8, 4) is 0 Å². The Morgan fingerprint density at radius 2 is 2.55 bits per heavy atom. The molecule has 3 heteroatoms. The number of hydrogen-bond donors (Lipinski definition) is 1. The van der Waals surface area contributed by atoms with Crippen molar-refractivity contribution >= 4 is 28.8 Å². The predicted octanol–water partition coefficient (Wildman–Crippen LogP) is 2.67. The minimum absolute atomic E-state index is 0.717. The van der Waals surface area contributed by atoms with Crippen LogP contribution >= 0.6 is 23.1 Å². The lowest BCUT2D eigenvalue weighted by Crippen LogP contribution is -2.17. The van der Waals surface area contributed by atoms with E-state index in [0.717, 1.165) is 6.04 Å². The Balaban J connectivity index is 1.90. The minimum atomic E-state index is 0.717. The third-order valence-corrected chi connectivity index (χ3v) is 3.67. The van der Waals surface area contributed by atoms with Gasteiger partial charge in [0.2, 0.25) is 0 Å². The number of thioether (sulfide) groups is 1. The maximum absolute atomic E-state index is 3.51. The molecule has 60 valence electrons. The summed E-state index contributed by atoms with van der Waals surface area (Å²) in [6, 6.07) is 2.86. The number of anilines is 1. The molecule has 1 atom stereocenters. The van der Waals surface area contributed by atoms with Gasteiger partial charge < -0.3 is 5.32 Å². The Morgan fingerprint density at radius 1 is 1.55 bits per heavy atom. The lowest BCUT2D eigenvalue weighted by atomic mass is 10.2. The van der Waals surface area contributed by atoms with E-state index < -0.39 is 0 Å². The second-order valence-corrected chi connectivity index (χ2v) is 4.65. The molecule has 2 heterocycles. The summed E-state index contributed by atoms with van der Waals surface area (Å²) in [5.74, 6) is 2.59. The fourth-order valence-corrected chi connectivity index (χ4v) is 2.98. The first-order valence-corrected chi connectivity index (χ1v) is 5.91. The van der Waals surface area contributed by atoms with Crippen LogP contribution in [0.15, 0.2) is 16.8 Å². The lowest BCUT2D eigenvalue weighted by Gasteiger charge is -2.09. The summed E-state index contributed by atoms with van der Waals surface area (Å²) >= 11 is 3.80. The van der Waals surface area contributed by atoms with Gasteiger partial charge in [-0.1, -0.05) is 0 Å². The second-order valence-electron chi connectivity index (χ2n) is 2.72. The zero-order valence-corrected chi connectivity index (χ0v) is 7.88. The molecule has 0 bridgehead atoms. The molecule has 1 aromatic heterocycles. The molecule has 0 radical (unpaired) electrons. The highest BCUT2D eigenvalue weighted by Crippen LogP contribution is 2.22. The van der Waals surface area contributed by atoms with E-state index in [1.165, 1.54) is 23.6 Å². The fraction of sp³-hybridized carbons (Fsp3) is 0.500. The Hall–Kier alpha value is -0.150. The zero-order chi connectivity index (χ0) is 7.52. The van der Waals surface area contributed by atoms with Gasteiger partial charge in [0.05, 0.1) is 0 Å². The van der Waals surface area contributed by atoms with E-state index in [1.54, 1.807) is 11.3 Å². The maximum atomic E-state index is 3.51. The third kappa shape index (κ3) is 1.91. The van der Waals surface area contributed by atoms with Crippen molar-refractivity contribution in [1.82, 2.24) is 0 Å². The molecule has 1 fully saturated rings. The summed E-state index contributed by atoms with van der Waals surface area (Å²) in [5.41, 5.74) is 1.29. The van der Waals surface area contributed by atoms with Crippen LogP contribution in [0.2, 0.25) is 0 Å². The predicted molar refractivity (Wildman–Crippen MR) is 53.7 cm³/mol. The van der Waals surface area contributed by atoms with E-state index in [-0.39, 0.29) is 0 Å². The second kappa shape index (κ2) is 3.50. The molecule has 0 spiro atoms. The van der Waals surface area contributed by atoms with Crippen LogP contribution in [0.1, 0.15) is 6.42 Å². The monoisotopic (exact) mass is 185 g/mol. The molecular formula is C8H11NS2. The van der Waals surface area contributed by atoms with Crippen LogP contribution < -0.4 is 5.32 Å². The van der Waals surface area contributed by atoms with Crippen molar-refractivity contribution < 1.29 is 0 Å². The minimum Gasteiger partial charge on any atom is -0.381 e. The van der Waals surface area contributed by atoms with Gasteiger partial charge >= 0.3 is 0 Å². The van der Waals surface area contributed by atoms with E-state index >= 15 is 0 Å². The molecular weight excluding hydrogens is 174 g/mol. The first-order valence-electron chi connectivity index (χ1n) is 3.81. The molecule has 0 aliphatic carbocycles. The first kappa shape index (κ1) is 7.50. The highest BCUT2D eigenvalue weighted by Gasteiger charge is 2.14.